The van der Waals surface area contributed by atoms with Crippen molar-refractivity contribution in [1.82, 2.24) is 0 Å². The van der Waals surface area contributed by atoms with Crippen LogP contribution in [0.2, 0.25) is 0 Å². The SMILES string of the molecule is CC#CCCCC(O)(CCCC)CCCC. The Labute approximate surface area is 102 Å². The Morgan fingerprint density at radius 3 is 1.88 bits per heavy atom. The fourth-order valence-electron chi connectivity index (χ4n) is 2.02. The van der Waals surface area contributed by atoms with Gasteiger partial charge < -0.3 is 5.11 Å². The van der Waals surface area contributed by atoms with Crippen LogP contribution in [-0.2, 0) is 0 Å². The normalized spacial score (nSPS) is 11.0. The van der Waals surface area contributed by atoms with Gasteiger partial charge in [0.2, 0.25) is 0 Å². The van der Waals surface area contributed by atoms with Gasteiger partial charge in [0.15, 0.2) is 0 Å². The lowest BCUT2D eigenvalue weighted by Gasteiger charge is -2.28. The highest BCUT2D eigenvalue weighted by molar-refractivity contribution is 4.95. The monoisotopic (exact) mass is 224 g/mol. The molecule has 0 fully saturated rings. The van der Waals surface area contributed by atoms with Crippen LogP contribution in [0.5, 0.6) is 0 Å². The van der Waals surface area contributed by atoms with Crippen LogP contribution >= 0.6 is 0 Å². The van der Waals surface area contributed by atoms with E-state index in [0.717, 1.165) is 44.9 Å². The van der Waals surface area contributed by atoms with Gasteiger partial charge in [-0.2, -0.15) is 0 Å². The second-order valence-electron chi connectivity index (χ2n) is 4.71. The van der Waals surface area contributed by atoms with E-state index in [1.807, 2.05) is 6.92 Å². The van der Waals surface area contributed by atoms with Gasteiger partial charge in [-0.1, -0.05) is 39.5 Å². The molecule has 0 aliphatic carbocycles. The van der Waals surface area contributed by atoms with Crippen LogP contribution in [0.1, 0.15) is 78.6 Å². The highest BCUT2D eigenvalue weighted by Gasteiger charge is 2.24. The van der Waals surface area contributed by atoms with Gasteiger partial charge in [-0.25, -0.2) is 0 Å². The lowest BCUT2D eigenvalue weighted by Crippen LogP contribution is -2.28. The molecule has 0 atom stereocenters. The fourth-order valence-corrected chi connectivity index (χ4v) is 2.02. The molecule has 0 heterocycles. The summed E-state index contributed by atoms with van der Waals surface area (Å²) in [5.41, 5.74) is -0.415. The second-order valence-corrected chi connectivity index (χ2v) is 4.71. The van der Waals surface area contributed by atoms with Crippen molar-refractivity contribution in [2.24, 2.45) is 0 Å². The highest BCUT2D eigenvalue weighted by Crippen LogP contribution is 2.27. The topological polar surface area (TPSA) is 20.2 Å². The summed E-state index contributed by atoms with van der Waals surface area (Å²) >= 11 is 0. The molecule has 0 radical (unpaired) electrons. The minimum Gasteiger partial charge on any atom is -0.390 e. The smallest absolute Gasteiger partial charge is 0.0648 e. The molecule has 0 aliphatic rings. The van der Waals surface area contributed by atoms with E-state index in [1.54, 1.807) is 0 Å². The maximum Gasteiger partial charge on any atom is 0.0648 e. The van der Waals surface area contributed by atoms with Crippen LogP contribution in [0.15, 0.2) is 0 Å². The molecule has 0 saturated carbocycles. The molecule has 0 spiro atoms. The fraction of sp³-hybridized carbons (Fsp3) is 0.867. The van der Waals surface area contributed by atoms with Crippen LogP contribution in [0.3, 0.4) is 0 Å². The number of hydrogen-bond donors (Lipinski definition) is 1. The third kappa shape index (κ3) is 7.77. The molecule has 1 nitrogen and oxygen atoms in total. The molecule has 0 aliphatic heterocycles. The van der Waals surface area contributed by atoms with Crippen molar-refractivity contribution in [1.29, 1.82) is 0 Å². The number of hydrogen-bond acceptors (Lipinski definition) is 1. The molecule has 0 aromatic carbocycles. The molecule has 0 rings (SSSR count). The van der Waals surface area contributed by atoms with Crippen molar-refractivity contribution in [2.75, 3.05) is 0 Å². The third-order valence-corrected chi connectivity index (χ3v) is 3.11. The summed E-state index contributed by atoms with van der Waals surface area (Å²) < 4.78 is 0. The average Bonchev–Trinajstić information content (AvgIpc) is 2.30. The zero-order valence-electron chi connectivity index (χ0n) is 11.3. The van der Waals surface area contributed by atoms with Crippen molar-refractivity contribution in [3.63, 3.8) is 0 Å². The van der Waals surface area contributed by atoms with Gasteiger partial charge in [-0.3, -0.25) is 0 Å². The molecule has 1 N–H and O–H groups in total. The van der Waals surface area contributed by atoms with Gasteiger partial charge in [0.1, 0.15) is 0 Å². The summed E-state index contributed by atoms with van der Waals surface area (Å²) in [4.78, 5) is 0. The van der Waals surface area contributed by atoms with E-state index in [-0.39, 0.29) is 0 Å². The Morgan fingerprint density at radius 1 is 0.938 bits per heavy atom. The predicted octanol–water partition coefficient (Wildman–Crippen LogP) is 4.29. The first-order valence-corrected chi connectivity index (χ1v) is 6.80. The lowest BCUT2D eigenvalue weighted by molar-refractivity contribution is 0.00882. The number of unbranched alkanes of at least 4 members (excludes halogenated alkanes) is 3. The summed E-state index contributed by atoms with van der Waals surface area (Å²) in [6.07, 6.45) is 9.42. The largest absolute Gasteiger partial charge is 0.390 e. The molecule has 1 heteroatoms. The van der Waals surface area contributed by atoms with E-state index in [2.05, 4.69) is 25.7 Å². The Kier molecular flexibility index (Phi) is 9.43. The summed E-state index contributed by atoms with van der Waals surface area (Å²) in [7, 11) is 0. The van der Waals surface area contributed by atoms with Crippen molar-refractivity contribution in [2.45, 2.75) is 84.2 Å². The summed E-state index contributed by atoms with van der Waals surface area (Å²) in [6.45, 7) is 6.24. The molecular weight excluding hydrogens is 196 g/mol. The molecular formula is C15H28O. The van der Waals surface area contributed by atoms with E-state index in [9.17, 15) is 5.11 Å². The van der Waals surface area contributed by atoms with E-state index in [1.165, 1.54) is 12.8 Å². The van der Waals surface area contributed by atoms with Gasteiger partial charge in [0.05, 0.1) is 5.60 Å². The van der Waals surface area contributed by atoms with Crippen LogP contribution < -0.4 is 0 Å². The van der Waals surface area contributed by atoms with Crippen molar-refractivity contribution >= 4 is 0 Å². The van der Waals surface area contributed by atoms with Gasteiger partial charge in [-0.05, 0) is 32.6 Å². The van der Waals surface area contributed by atoms with Gasteiger partial charge >= 0.3 is 0 Å². The zero-order chi connectivity index (χ0) is 12.3. The molecule has 0 amide bonds. The maximum absolute atomic E-state index is 10.5. The van der Waals surface area contributed by atoms with Crippen LogP contribution in [0.4, 0.5) is 0 Å². The van der Waals surface area contributed by atoms with E-state index >= 15 is 0 Å². The Morgan fingerprint density at radius 2 is 1.44 bits per heavy atom. The minimum absolute atomic E-state index is 0.415. The molecule has 0 aromatic heterocycles. The first-order chi connectivity index (χ1) is 7.68. The maximum atomic E-state index is 10.5. The van der Waals surface area contributed by atoms with E-state index in [4.69, 9.17) is 0 Å². The zero-order valence-corrected chi connectivity index (χ0v) is 11.3. The quantitative estimate of drug-likeness (QED) is 0.457. The van der Waals surface area contributed by atoms with Gasteiger partial charge in [-0.15, -0.1) is 11.8 Å². The molecule has 16 heavy (non-hydrogen) atoms. The average molecular weight is 224 g/mol. The van der Waals surface area contributed by atoms with Crippen molar-refractivity contribution in [3.05, 3.63) is 0 Å². The molecule has 0 aromatic rings. The standard InChI is InChI=1S/C15H28O/c1-4-7-10-11-14-15(16,12-8-5-2)13-9-6-3/h16H,5-6,8-14H2,1-3H3. The van der Waals surface area contributed by atoms with Gasteiger partial charge in [0.25, 0.3) is 0 Å². The predicted molar refractivity (Wildman–Crippen MR) is 71.3 cm³/mol. The highest BCUT2D eigenvalue weighted by atomic mass is 16.3. The number of rotatable bonds is 9. The van der Waals surface area contributed by atoms with Crippen molar-refractivity contribution in [3.8, 4) is 11.8 Å². The van der Waals surface area contributed by atoms with Gasteiger partial charge in [0, 0.05) is 6.42 Å². The third-order valence-electron chi connectivity index (χ3n) is 3.11. The van der Waals surface area contributed by atoms with Crippen LogP contribution in [0.25, 0.3) is 0 Å². The first kappa shape index (κ1) is 15.5. The summed E-state index contributed by atoms with van der Waals surface area (Å²) in [5, 5.41) is 10.5. The minimum atomic E-state index is -0.415. The summed E-state index contributed by atoms with van der Waals surface area (Å²) in [6, 6.07) is 0. The summed E-state index contributed by atoms with van der Waals surface area (Å²) in [5.74, 6) is 5.98. The number of aliphatic hydroxyl groups is 1. The Hall–Kier alpha value is -0.480. The van der Waals surface area contributed by atoms with Crippen LogP contribution in [-0.4, -0.2) is 10.7 Å². The Balaban J connectivity index is 3.99. The molecule has 0 unspecified atom stereocenters. The second kappa shape index (κ2) is 9.73. The van der Waals surface area contributed by atoms with Crippen LogP contribution in [0, 0.1) is 11.8 Å². The molecule has 94 valence electrons. The van der Waals surface area contributed by atoms with E-state index < -0.39 is 5.60 Å². The molecule has 0 bridgehead atoms. The lowest BCUT2D eigenvalue weighted by atomic mass is 9.86. The van der Waals surface area contributed by atoms with E-state index in [0.29, 0.717) is 0 Å². The molecule has 0 saturated heterocycles. The van der Waals surface area contributed by atoms with Crippen molar-refractivity contribution < 1.29 is 5.11 Å². The first-order valence-electron chi connectivity index (χ1n) is 6.80. The Bertz CT molecular complexity index is 201.